The van der Waals surface area contributed by atoms with Crippen molar-refractivity contribution in [2.75, 3.05) is 33.7 Å². The molecular formula is C12H21F5N2O4S. The molecule has 0 saturated heterocycles. The van der Waals surface area contributed by atoms with Gasteiger partial charge < -0.3 is 14.4 Å². The molecule has 0 spiro atoms. The lowest BCUT2D eigenvalue weighted by Gasteiger charge is -2.34. The molecule has 0 aliphatic heterocycles. The minimum Gasteiger partial charge on any atom is -0.748 e. The summed E-state index contributed by atoms with van der Waals surface area (Å²) in [6.45, 7) is 1.23. The molecule has 1 amide bonds. The lowest BCUT2D eigenvalue weighted by Crippen LogP contribution is -2.51. The first-order valence-electron chi connectivity index (χ1n) is 7.04. The standard InChI is InChI=1S/C12H21F5N2O4S/c1-4-9(24(21,22)23)8-19(2,3)7-5-6-18-10(20)11(13,14)12(15,16)17/h9H,4-8H2,1-3H3,(H-,18,20,21,22,23). The Labute approximate surface area is 137 Å². The summed E-state index contributed by atoms with van der Waals surface area (Å²) < 4.78 is 94.5. The SMILES string of the molecule is CCC(C[N+](C)(C)CCCNC(=O)C(F)(F)C(F)(F)F)S(=O)(=O)[O-]. The predicted molar refractivity (Wildman–Crippen MR) is 74.2 cm³/mol. The highest BCUT2D eigenvalue weighted by molar-refractivity contribution is 7.86. The Kier molecular flexibility index (Phi) is 7.58. The van der Waals surface area contributed by atoms with Crippen molar-refractivity contribution >= 4 is 16.0 Å². The van der Waals surface area contributed by atoms with E-state index < -0.39 is 39.9 Å². The van der Waals surface area contributed by atoms with E-state index in [9.17, 15) is 39.7 Å². The number of alkyl halides is 5. The summed E-state index contributed by atoms with van der Waals surface area (Å²) >= 11 is 0. The van der Waals surface area contributed by atoms with Crippen LogP contribution in [0.25, 0.3) is 0 Å². The Hall–Kier alpha value is -1.01. The van der Waals surface area contributed by atoms with Crippen LogP contribution in [-0.2, 0) is 14.9 Å². The van der Waals surface area contributed by atoms with Crippen LogP contribution in [0.3, 0.4) is 0 Å². The van der Waals surface area contributed by atoms with Gasteiger partial charge in [-0.3, -0.25) is 4.79 Å². The molecule has 0 rings (SSSR count). The molecule has 1 atom stereocenters. The summed E-state index contributed by atoms with van der Waals surface area (Å²) in [6, 6.07) is 0. The van der Waals surface area contributed by atoms with Gasteiger partial charge in [0, 0.05) is 13.0 Å². The first-order valence-corrected chi connectivity index (χ1v) is 8.51. The van der Waals surface area contributed by atoms with Gasteiger partial charge in [0.25, 0.3) is 5.91 Å². The van der Waals surface area contributed by atoms with Crippen LogP contribution in [0.15, 0.2) is 0 Å². The highest BCUT2D eigenvalue weighted by atomic mass is 32.2. The monoisotopic (exact) mass is 384 g/mol. The topological polar surface area (TPSA) is 86.3 Å². The molecule has 0 fully saturated rings. The fourth-order valence-electron chi connectivity index (χ4n) is 2.02. The van der Waals surface area contributed by atoms with E-state index in [1.807, 2.05) is 0 Å². The van der Waals surface area contributed by atoms with Crippen LogP contribution in [0, 0.1) is 0 Å². The Morgan fingerprint density at radius 3 is 2.08 bits per heavy atom. The van der Waals surface area contributed by atoms with Crippen LogP contribution < -0.4 is 5.32 Å². The zero-order valence-electron chi connectivity index (χ0n) is 13.5. The fourth-order valence-corrected chi connectivity index (χ4v) is 3.01. The summed E-state index contributed by atoms with van der Waals surface area (Å²) in [7, 11) is -1.32. The fraction of sp³-hybridized carbons (Fsp3) is 0.917. The molecule has 1 unspecified atom stereocenters. The molecule has 144 valence electrons. The van der Waals surface area contributed by atoms with Crippen molar-refractivity contribution in [3.05, 3.63) is 0 Å². The van der Waals surface area contributed by atoms with Crippen molar-refractivity contribution in [3.63, 3.8) is 0 Å². The molecule has 0 aliphatic rings. The van der Waals surface area contributed by atoms with Crippen molar-refractivity contribution in [2.24, 2.45) is 0 Å². The smallest absolute Gasteiger partial charge is 0.463 e. The van der Waals surface area contributed by atoms with Gasteiger partial charge in [0.2, 0.25) is 0 Å². The minimum absolute atomic E-state index is 0.0298. The van der Waals surface area contributed by atoms with E-state index in [4.69, 9.17) is 0 Å². The third-order valence-electron chi connectivity index (χ3n) is 3.43. The summed E-state index contributed by atoms with van der Waals surface area (Å²) in [4.78, 5) is 10.9. The van der Waals surface area contributed by atoms with Crippen molar-refractivity contribution in [1.82, 2.24) is 5.32 Å². The number of carbonyl (C=O) groups excluding carboxylic acids is 1. The molecule has 12 heteroatoms. The number of rotatable bonds is 9. The second-order valence-corrected chi connectivity index (χ2v) is 7.70. The molecule has 6 nitrogen and oxygen atoms in total. The van der Waals surface area contributed by atoms with Gasteiger partial charge in [-0.05, 0) is 6.42 Å². The molecule has 0 aromatic rings. The molecule has 0 bridgehead atoms. The lowest BCUT2D eigenvalue weighted by atomic mass is 10.2. The second-order valence-electron chi connectivity index (χ2n) is 6.05. The molecule has 24 heavy (non-hydrogen) atoms. The van der Waals surface area contributed by atoms with Crippen molar-refractivity contribution in [2.45, 2.75) is 37.1 Å². The van der Waals surface area contributed by atoms with Gasteiger partial charge in [0.1, 0.15) is 10.1 Å². The molecule has 0 saturated carbocycles. The average Bonchev–Trinajstić information content (AvgIpc) is 2.38. The van der Waals surface area contributed by atoms with E-state index >= 15 is 0 Å². The highest BCUT2D eigenvalue weighted by Crippen LogP contribution is 2.35. The summed E-state index contributed by atoms with van der Waals surface area (Å²) in [6.07, 6.45) is -5.84. The van der Waals surface area contributed by atoms with E-state index in [0.717, 1.165) is 0 Å². The summed E-state index contributed by atoms with van der Waals surface area (Å²) in [5.41, 5.74) is 0. The number of hydrogen-bond donors (Lipinski definition) is 1. The van der Waals surface area contributed by atoms with Crippen LogP contribution in [0.1, 0.15) is 19.8 Å². The first-order chi connectivity index (χ1) is 10.5. The van der Waals surface area contributed by atoms with E-state index in [0.29, 0.717) is 0 Å². The number of halogens is 5. The molecule has 1 N–H and O–H groups in total. The largest absolute Gasteiger partial charge is 0.748 e. The zero-order valence-corrected chi connectivity index (χ0v) is 14.3. The average molecular weight is 384 g/mol. The number of nitrogens with one attached hydrogen (secondary N) is 1. The maximum atomic E-state index is 12.7. The third-order valence-corrected chi connectivity index (χ3v) is 4.73. The molecule has 0 heterocycles. The van der Waals surface area contributed by atoms with Gasteiger partial charge in [0.05, 0.1) is 32.4 Å². The highest BCUT2D eigenvalue weighted by Gasteiger charge is 2.63. The zero-order chi connectivity index (χ0) is 19.4. The Bertz CT molecular complexity index is 534. The maximum absolute atomic E-state index is 12.7. The van der Waals surface area contributed by atoms with Crippen LogP contribution in [0.5, 0.6) is 0 Å². The van der Waals surface area contributed by atoms with Crippen LogP contribution in [0.4, 0.5) is 22.0 Å². The minimum atomic E-state index is -5.97. The van der Waals surface area contributed by atoms with Crippen LogP contribution in [-0.4, -0.2) is 74.4 Å². The molecule has 0 aromatic heterocycles. The van der Waals surface area contributed by atoms with E-state index in [2.05, 4.69) is 0 Å². The summed E-state index contributed by atoms with van der Waals surface area (Å²) in [5, 5.41) is 0.373. The van der Waals surface area contributed by atoms with Crippen molar-refractivity contribution < 1.29 is 44.2 Å². The normalized spacial score (nSPS) is 15.2. The van der Waals surface area contributed by atoms with Gasteiger partial charge in [-0.1, -0.05) is 6.92 Å². The maximum Gasteiger partial charge on any atom is 0.463 e. The first kappa shape index (κ1) is 23.0. The number of quaternary nitrogens is 1. The predicted octanol–water partition coefficient (Wildman–Crippen LogP) is 1.09. The van der Waals surface area contributed by atoms with Gasteiger partial charge in [0.15, 0.2) is 0 Å². The molecule has 0 aliphatic carbocycles. The van der Waals surface area contributed by atoms with Crippen LogP contribution in [0.2, 0.25) is 0 Å². The molecule has 0 aromatic carbocycles. The number of amides is 1. The third kappa shape index (κ3) is 6.85. The number of nitrogens with zero attached hydrogens (tertiary/aromatic N) is 1. The molecular weight excluding hydrogens is 363 g/mol. The molecule has 0 radical (unpaired) electrons. The van der Waals surface area contributed by atoms with E-state index in [1.54, 1.807) is 14.1 Å². The summed E-state index contributed by atoms with van der Waals surface area (Å²) in [5.74, 6) is -7.91. The number of carbonyl (C=O) groups is 1. The van der Waals surface area contributed by atoms with Crippen molar-refractivity contribution in [1.29, 1.82) is 0 Å². The van der Waals surface area contributed by atoms with Crippen LogP contribution >= 0.6 is 0 Å². The quantitative estimate of drug-likeness (QED) is 0.279. The Morgan fingerprint density at radius 2 is 1.71 bits per heavy atom. The Balaban J connectivity index is 4.49. The Morgan fingerprint density at radius 1 is 1.21 bits per heavy atom. The lowest BCUT2D eigenvalue weighted by molar-refractivity contribution is -0.890. The van der Waals surface area contributed by atoms with Gasteiger partial charge in [-0.2, -0.15) is 22.0 Å². The van der Waals surface area contributed by atoms with Gasteiger partial charge in [-0.15, -0.1) is 0 Å². The van der Waals surface area contributed by atoms with E-state index in [1.165, 1.54) is 12.2 Å². The van der Waals surface area contributed by atoms with Gasteiger partial charge >= 0.3 is 12.1 Å². The van der Waals surface area contributed by atoms with E-state index in [-0.39, 0.29) is 30.4 Å². The number of hydrogen-bond acceptors (Lipinski definition) is 4. The van der Waals surface area contributed by atoms with Crippen molar-refractivity contribution in [3.8, 4) is 0 Å². The van der Waals surface area contributed by atoms with Gasteiger partial charge in [-0.25, -0.2) is 8.42 Å². The second kappa shape index (κ2) is 7.91.